The Kier molecular flexibility index (Phi) is 3.76. The second-order valence-electron chi connectivity index (χ2n) is 4.91. The highest BCUT2D eigenvalue weighted by Crippen LogP contribution is 2.21. The lowest BCUT2D eigenvalue weighted by Crippen LogP contribution is -2.19. The average Bonchev–Trinajstić information content (AvgIpc) is 2.74. The van der Waals surface area contributed by atoms with Gasteiger partial charge >= 0.3 is 0 Å². The Morgan fingerprint density at radius 3 is 3.06 bits per heavy atom. The maximum Gasteiger partial charge on any atom is 0.277 e. The molecular formula is C12H18N4O2. The number of nitrogens with zero attached hydrogens (tertiary/aromatic N) is 3. The predicted molar refractivity (Wildman–Crippen MR) is 69.7 cm³/mol. The number of aromatic nitrogens is 1. The first-order valence-electron chi connectivity index (χ1n) is 6.09. The maximum atomic E-state index is 10.8. The standard InChI is InChI=1S/C12H18N4O2/c1-9-6-13-12(5-11(9)16(17)18)14-7-10-3-4-15(2)8-10/h5-6,10H,3-4,7-8H2,1-2H3,(H,13,14). The summed E-state index contributed by atoms with van der Waals surface area (Å²) in [5.74, 6) is 1.18. The van der Waals surface area contributed by atoms with E-state index in [2.05, 4.69) is 22.2 Å². The molecular weight excluding hydrogens is 232 g/mol. The molecule has 0 amide bonds. The van der Waals surface area contributed by atoms with Crippen LogP contribution in [0.25, 0.3) is 0 Å². The zero-order chi connectivity index (χ0) is 13.1. The van der Waals surface area contributed by atoms with Gasteiger partial charge in [0.15, 0.2) is 0 Å². The predicted octanol–water partition coefficient (Wildman–Crippen LogP) is 1.66. The van der Waals surface area contributed by atoms with Crippen LogP contribution in [-0.2, 0) is 0 Å². The molecule has 0 bridgehead atoms. The van der Waals surface area contributed by atoms with Gasteiger partial charge in [0, 0.05) is 24.8 Å². The van der Waals surface area contributed by atoms with Crippen LogP contribution in [0.5, 0.6) is 0 Å². The van der Waals surface area contributed by atoms with E-state index in [1.165, 1.54) is 6.07 Å². The molecule has 2 heterocycles. The van der Waals surface area contributed by atoms with Gasteiger partial charge < -0.3 is 10.2 Å². The monoisotopic (exact) mass is 250 g/mol. The zero-order valence-electron chi connectivity index (χ0n) is 10.7. The minimum Gasteiger partial charge on any atom is -0.370 e. The van der Waals surface area contributed by atoms with Gasteiger partial charge in [0.1, 0.15) is 5.82 Å². The molecule has 2 rings (SSSR count). The number of nitro groups is 1. The third-order valence-electron chi connectivity index (χ3n) is 3.33. The molecule has 1 aromatic heterocycles. The molecule has 0 spiro atoms. The van der Waals surface area contributed by atoms with Crippen LogP contribution >= 0.6 is 0 Å². The van der Waals surface area contributed by atoms with E-state index in [0.29, 0.717) is 17.3 Å². The number of pyridine rings is 1. The van der Waals surface area contributed by atoms with E-state index in [4.69, 9.17) is 0 Å². The Bertz CT molecular complexity index is 450. The van der Waals surface area contributed by atoms with Gasteiger partial charge in [-0.15, -0.1) is 0 Å². The normalized spacial score (nSPS) is 20.0. The number of likely N-dealkylation sites (tertiary alicyclic amines) is 1. The summed E-state index contributed by atoms with van der Waals surface area (Å²) in [6, 6.07) is 1.51. The summed E-state index contributed by atoms with van der Waals surface area (Å²) in [7, 11) is 2.11. The third kappa shape index (κ3) is 2.95. The van der Waals surface area contributed by atoms with Crippen LogP contribution in [-0.4, -0.2) is 41.5 Å². The molecule has 18 heavy (non-hydrogen) atoms. The lowest BCUT2D eigenvalue weighted by Gasteiger charge is -2.12. The maximum absolute atomic E-state index is 10.8. The highest BCUT2D eigenvalue weighted by molar-refractivity contribution is 5.48. The molecule has 1 unspecified atom stereocenters. The topological polar surface area (TPSA) is 71.3 Å². The molecule has 0 aromatic carbocycles. The van der Waals surface area contributed by atoms with Crippen molar-refractivity contribution >= 4 is 11.5 Å². The van der Waals surface area contributed by atoms with E-state index in [1.54, 1.807) is 13.1 Å². The Hall–Kier alpha value is -1.69. The average molecular weight is 250 g/mol. The number of aryl methyl sites for hydroxylation is 1. The van der Waals surface area contributed by atoms with Crippen molar-refractivity contribution in [1.82, 2.24) is 9.88 Å². The molecule has 98 valence electrons. The van der Waals surface area contributed by atoms with Crippen LogP contribution in [0, 0.1) is 23.0 Å². The van der Waals surface area contributed by atoms with Gasteiger partial charge in [0.2, 0.25) is 0 Å². The van der Waals surface area contributed by atoms with Crippen LogP contribution in [0.15, 0.2) is 12.3 Å². The largest absolute Gasteiger partial charge is 0.370 e. The highest BCUT2D eigenvalue weighted by atomic mass is 16.6. The molecule has 1 atom stereocenters. The van der Waals surface area contributed by atoms with Crippen LogP contribution < -0.4 is 5.32 Å². The quantitative estimate of drug-likeness (QED) is 0.650. The Morgan fingerprint density at radius 2 is 2.44 bits per heavy atom. The third-order valence-corrected chi connectivity index (χ3v) is 3.33. The minimum absolute atomic E-state index is 0.121. The van der Waals surface area contributed by atoms with Crippen LogP contribution in [0.2, 0.25) is 0 Å². The molecule has 1 N–H and O–H groups in total. The number of nitrogens with one attached hydrogen (secondary N) is 1. The van der Waals surface area contributed by atoms with Crippen molar-refractivity contribution in [3.05, 3.63) is 27.9 Å². The van der Waals surface area contributed by atoms with Gasteiger partial charge in [-0.3, -0.25) is 10.1 Å². The van der Waals surface area contributed by atoms with Crippen molar-refractivity contribution in [3.63, 3.8) is 0 Å². The van der Waals surface area contributed by atoms with E-state index < -0.39 is 0 Å². The molecule has 0 radical (unpaired) electrons. The zero-order valence-corrected chi connectivity index (χ0v) is 10.7. The first kappa shape index (κ1) is 12.8. The summed E-state index contributed by atoms with van der Waals surface area (Å²) < 4.78 is 0. The SMILES string of the molecule is Cc1cnc(NCC2CCN(C)C2)cc1[N+](=O)[O-]. The summed E-state index contributed by atoms with van der Waals surface area (Å²) >= 11 is 0. The first-order valence-corrected chi connectivity index (χ1v) is 6.09. The molecule has 1 fully saturated rings. The van der Waals surface area contributed by atoms with Crippen LogP contribution in [0.1, 0.15) is 12.0 Å². The summed E-state index contributed by atoms with van der Waals surface area (Å²) in [6.07, 6.45) is 2.71. The van der Waals surface area contributed by atoms with Crippen molar-refractivity contribution in [1.29, 1.82) is 0 Å². The lowest BCUT2D eigenvalue weighted by molar-refractivity contribution is -0.385. The van der Waals surface area contributed by atoms with Gasteiger partial charge in [-0.05, 0) is 32.9 Å². The summed E-state index contributed by atoms with van der Waals surface area (Å²) in [5, 5.41) is 14.0. The van der Waals surface area contributed by atoms with Crippen molar-refractivity contribution in [2.24, 2.45) is 5.92 Å². The summed E-state index contributed by atoms with van der Waals surface area (Å²) in [6.45, 7) is 4.70. The fraction of sp³-hybridized carbons (Fsp3) is 0.583. The smallest absolute Gasteiger partial charge is 0.277 e. The van der Waals surface area contributed by atoms with Crippen molar-refractivity contribution in [2.45, 2.75) is 13.3 Å². The van der Waals surface area contributed by atoms with Gasteiger partial charge in [0.05, 0.1) is 11.0 Å². The Morgan fingerprint density at radius 1 is 1.67 bits per heavy atom. The fourth-order valence-corrected chi connectivity index (χ4v) is 2.25. The lowest BCUT2D eigenvalue weighted by atomic mass is 10.1. The molecule has 6 nitrogen and oxygen atoms in total. The summed E-state index contributed by atoms with van der Waals surface area (Å²) in [4.78, 5) is 16.9. The van der Waals surface area contributed by atoms with Crippen LogP contribution in [0.4, 0.5) is 11.5 Å². The molecule has 1 aliphatic rings. The van der Waals surface area contributed by atoms with E-state index >= 15 is 0 Å². The number of hydrogen-bond donors (Lipinski definition) is 1. The van der Waals surface area contributed by atoms with E-state index in [-0.39, 0.29) is 10.6 Å². The van der Waals surface area contributed by atoms with Crippen LogP contribution in [0.3, 0.4) is 0 Å². The second-order valence-corrected chi connectivity index (χ2v) is 4.91. The van der Waals surface area contributed by atoms with E-state index in [1.807, 2.05) is 0 Å². The molecule has 1 aromatic rings. The first-order chi connectivity index (χ1) is 8.56. The molecule has 0 saturated carbocycles. The molecule has 6 heteroatoms. The number of rotatable bonds is 4. The molecule has 0 aliphatic carbocycles. The van der Waals surface area contributed by atoms with Gasteiger partial charge in [-0.2, -0.15) is 0 Å². The second kappa shape index (κ2) is 5.30. The molecule has 1 aliphatic heterocycles. The molecule has 1 saturated heterocycles. The fourth-order valence-electron chi connectivity index (χ4n) is 2.25. The summed E-state index contributed by atoms with van der Waals surface area (Å²) in [5.41, 5.74) is 0.710. The van der Waals surface area contributed by atoms with Gasteiger partial charge in [0.25, 0.3) is 5.69 Å². The highest BCUT2D eigenvalue weighted by Gasteiger charge is 2.19. The van der Waals surface area contributed by atoms with Crippen molar-refractivity contribution in [2.75, 3.05) is 32.0 Å². The Labute approximate surface area is 106 Å². The van der Waals surface area contributed by atoms with Crippen molar-refractivity contribution < 1.29 is 4.92 Å². The van der Waals surface area contributed by atoms with Gasteiger partial charge in [-0.25, -0.2) is 4.98 Å². The number of anilines is 1. The van der Waals surface area contributed by atoms with E-state index in [0.717, 1.165) is 26.1 Å². The van der Waals surface area contributed by atoms with Crippen molar-refractivity contribution in [3.8, 4) is 0 Å². The van der Waals surface area contributed by atoms with E-state index in [9.17, 15) is 10.1 Å². The number of hydrogen-bond acceptors (Lipinski definition) is 5. The van der Waals surface area contributed by atoms with Gasteiger partial charge in [-0.1, -0.05) is 0 Å². The Balaban J connectivity index is 1.97. The minimum atomic E-state index is -0.370.